The molecule has 2 heterocycles. The topological polar surface area (TPSA) is 96.4 Å². The second-order valence-electron chi connectivity index (χ2n) is 3.26. The molecule has 0 spiro atoms. The van der Waals surface area contributed by atoms with Crippen LogP contribution in [0.15, 0.2) is 26.5 Å². The van der Waals surface area contributed by atoms with Crippen molar-refractivity contribution in [3.63, 3.8) is 0 Å². The molecule has 0 radical (unpaired) electrons. The van der Waals surface area contributed by atoms with Crippen molar-refractivity contribution in [2.45, 2.75) is 10.8 Å². The zero-order chi connectivity index (χ0) is 13.2. The van der Waals surface area contributed by atoms with Crippen molar-refractivity contribution in [2.24, 2.45) is 0 Å². The number of aromatic carboxylic acids is 1. The van der Waals surface area contributed by atoms with E-state index in [1.165, 1.54) is 16.7 Å². The lowest BCUT2D eigenvalue weighted by Gasteiger charge is -2.01. The van der Waals surface area contributed by atoms with E-state index in [0.29, 0.717) is 5.69 Å². The molecule has 6 nitrogen and oxygen atoms in total. The fourth-order valence-electron chi connectivity index (χ4n) is 1.13. The van der Waals surface area contributed by atoms with Crippen LogP contribution in [0.2, 0.25) is 0 Å². The van der Waals surface area contributed by atoms with Gasteiger partial charge in [-0.3, -0.25) is 0 Å². The van der Waals surface area contributed by atoms with Crippen LogP contribution in [0.25, 0.3) is 0 Å². The van der Waals surface area contributed by atoms with Gasteiger partial charge in [0.15, 0.2) is 0 Å². The van der Waals surface area contributed by atoms with E-state index >= 15 is 0 Å². The summed E-state index contributed by atoms with van der Waals surface area (Å²) in [5.74, 6) is -1.15. The maximum absolute atomic E-state index is 11.8. The molecule has 2 rings (SSSR count). The summed E-state index contributed by atoms with van der Waals surface area (Å²) >= 11 is 2.25. The maximum atomic E-state index is 11.8. The first kappa shape index (κ1) is 13.1. The van der Waals surface area contributed by atoms with Crippen LogP contribution in [0.3, 0.4) is 0 Å². The average Bonchev–Trinajstić information content (AvgIpc) is 2.98. The molecule has 0 unspecified atom stereocenters. The first-order valence-corrected chi connectivity index (χ1v) is 7.98. The zero-order valence-electron chi connectivity index (χ0n) is 8.86. The van der Waals surface area contributed by atoms with Crippen molar-refractivity contribution in [3.05, 3.63) is 33.6 Å². The van der Waals surface area contributed by atoms with Gasteiger partial charge in [0.25, 0.3) is 0 Å². The normalized spacial score (nSPS) is 11.6. The minimum absolute atomic E-state index is 0.0184. The molecule has 9 heteroatoms. The molecule has 0 aromatic carbocycles. The summed E-state index contributed by atoms with van der Waals surface area (Å²) in [6, 6.07) is 1.14. The van der Waals surface area contributed by atoms with E-state index in [9.17, 15) is 13.2 Å². The van der Waals surface area contributed by atoms with Gasteiger partial charge in [-0.25, -0.2) is 22.9 Å². The van der Waals surface area contributed by atoms with E-state index in [1.54, 1.807) is 10.9 Å². The summed E-state index contributed by atoms with van der Waals surface area (Å²) in [6.45, 7) is 0.0894. The number of nitrogens with zero attached hydrogens (tertiary/aromatic N) is 1. The Hall–Kier alpha value is -1.29. The SMILES string of the molecule is O=C(O)c1csc(S(=O)(=O)NCc2cscn2)c1. The molecule has 0 aliphatic heterocycles. The summed E-state index contributed by atoms with van der Waals surface area (Å²) in [7, 11) is -3.68. The van der Waals surface area contributed by atoms with Gasteiger partial charge < -0.3 is 5.11 Å². The number of thiophene rings is 1. The van der Waals surface area contributed by atoms with Gasteiger partial charge in [-0.15, -0.1) is 22.7 Å². The third-order valence-corrected chi connectivity index (χ3v) is 5.49. The molecular formula is C9H8N2O4S3. The molecule has 2 N–H and O–H groups in total. The average molecular weight is 304 g/mol. The molecule has 0 aliphatic carbocycles. The number of carboxylic acid groups (broad SMARTS) is 1. The molecule has 0 saturated heterocycles. The number of rotatable bonds is 5. The van der Waals surface area contributed by atoms with E-state index in [-0.39, 0.29) is 16.3 Å². The van der Waals surface area contributed by atoms with Crippen LogP contribution in [0, 0.1) is 0 Å². The van der Waals surface area contributed by atoms with Crippen molar-refractivity contribution in [1.29, 1.82) is 0 Å². The fraction of sp³-hybridized carbons (Fsp3) is 0.111. The largest absolute Gasteiger partial charge is 0.478 e. The first-order chi connectivity index (χ1) is 8.49. The first-order valence-electron chi connectivity index (χ1n) is 4.67. The zero-order valence-corrected chi connectivity index (χ0v) is 11.3. The van der Waals surface area contributed by atoms with Crippen LogP contribution in [-0.4, -0.2) is 24.5 Å². The number of thiazole rings is 1. The highest BCUT2D eigenvalue weighted by molar-refractivity contribution is 7.91. The Morgan fingerprint density at radius 3 is 2.78 bits per heavy atom. The summed E-state index contributed by atoms with van der Waals surface area (Å²) in [5, 5.41) is 11.8. The number of hydrogen-bond donors (Lipinski definition) is 2. The molecule has 0 atom stereocenters. The Morgan fingerprint density at radius 1 is 1.44 bits per heavy atom. The molecule has 2 aromatic heterocycles. The highest BCUT2D eigenvalue weighted by Crippen LogP contribution is 2.20. The summed E-state index contributed by atoms with van der Waals surface area (Å²) < 4.78 is 26.0. The predicted molar refractivity (Wildman–Crippen MR) is 67.4 cm³/mol. The highest BCUT2D eigenvalue weighted by atomic mass is 32.2. The Bertz CT molecular complexity index is 645. The molecule has 18 heavy (non-hydrogen) atoms. The van der Waals surface area contributed by atoms with E-state index in [2.05, 4.69) is 9.71 Å². The minimum Gasteiger partial charge on any atom is -0.478 e. The maximum Gasteiger partial charge on any atom is 0.336 e. The Morgan fingerprint density at radius 2 is 2.22 bits per heavy atom. The smallest absolute Gasteiger partial charge is 0.336 e. The number of aromatic nitrogens is 1. The molecule has 0 saturated carbocycles. The quantitative estimate of drug-likeness (QED) is 0.870. The van der Waals surface area contributed by atoms with E-state index in [4.69, 9.17) is 5.11 Å². The summed E-state index contributed by atoms with van der Waals surface area (Å²) in [4.78, 5) is 14.6. The van der Waals surface area contributed by atoms with Crippen LogP contribution in [0.5, 0.6) is 0 Å². The molecule has 0 amide bonds. The van der Waals surface area contributed by atoms with Gasteiger partial charge in [-0.05, 0) is 6.07 Å². The van der Waals surface area contributed by atoms with E-state index in [0.717, 1.165) is 17.4 Å². The van der Waals surface area contributed by atoms with Crippen molar-refractivity contribution >= 4 is 38.7 Å². The van der Waals surface area contributed by atoms with Crippen molar-refractivity contribution < 1.29 is 18.3 Å². The number of hydrogen-bond acceptors (Lipinski definition) is 6. The molecule has 0 bridgehead atoms. The number of carboxylic acids is 1. The second kappa shape index (κ2) is 5.14. The van der Waals surface area contributed by atoms with Crippen LogP contribution in [-0.2, 0) is 16.6 Å². The lowest BCUT2D eigenvalue weighted by molar-refractivity contribution is 0.0697. The fourth-order valence-corrected chi connectivity index (χ4v) is 3.89. The van der Waals surface area contributed by atoms with Gasteiger partial charge in [-0.1, -0.05) is 0 Å². The molecule has 2 aromatic rings. The third kappa shape index (κ3) is 2.93. The Kier molecular flexibility index (Phi) is 3.76. The van der Waals surface area contributed by atoms with Crippen LogP contribution >= 0.6 is 22.7 Å². The van der Waals surface area contributed by atoms with Gasteiger partial charge >= 0.3 is 5.97 Å². The predicted octanol–water partition coefficient (Wildman–Crippen LogP) is 1.38. The number of sulfonamides is 1. The van der Waals surface area contributed by atoms with Crippen molar-refractivity contribution in [3.8, 4) is 0 Å². The molecule has 0 fully saturated rings. The van der Waals surface area contributed by atoms with Crippen molar-refractivity contribution in [1.82, 2.24) is 9.71 Å². The van der Waals surface area contributed by atoms with E-state index < -0.39 is 16.0 Å². The second-order valence-corrected chi connectivity index (χ2v) is 6.89. The molecular weight excluding hydrogens is 296 g/mol. The Labute approximate surface area is 111 Å². The van der Waals surface area contributed by atoms with Crippen LogP contribution < -0.4 is 4.72 Å². The summed E-state index contributed by atoms with van der Waals surface area (Å²) in [6.07, 6.45) is 0. The third-order valence-electron chi connectivity index (χ3n) is 2.01. The molecule has 96 valence electrons. The number of nitrogens with one attached hydrogen (secondary N) is 1. The lowest BCUT2D eigenvalue weighted by atomic mass is 10.4. The lowest BCUT2D eigenvalue weighted by Crippen LogP contribution is -2.22. The van der Waals surface area contributed by atoms with Gasteiger partial charge in [0.1, 0.15) is 4.21 Å². The van der Waals surface area contributed by atoms with Gasteiger partial charge in [0.05, 0.1) is 23.3 Å². The van der Waals surface area contributed by atoms with Crippen molar-refractivity contribution in [2.75, 3.05) is 0 Å². The van der Waals surface area contributed by atoms with Gasteiger partial charge in [-0.2, -0.15) is 0 Å². The standard InChI is InChI=1S/C9H8N2O4S3/c12-9(13)6-1-8(17-3-6)18(14,15)11-2-7-4-16-5-10-7/h1,3-5,11H,2H2,(H,12,13). The summed E-state index contributed by atoms with van der Waals surface area (Å²) in [5.41, 5.74) is 2.20. The highest BCUT2D eigenvalue weighted by Gasteiger charge is 2.18. The van der Waals surface area contributed by atoms with Crippen LogP contribution in [0.4, 0.5) is 0 Å². The minimum atomic E-state index is -3.68. The Balaban J connectivity index is 2.12. The van der Waals surface area contributed by atoms with Gasteiger partial charge in [0.2, 0.25) is 10.0 Å². The number of carbonyl (C=O) groups is 1. The van der Waals surface area contributed by atoms with E-state index in [1.807, 2.05) is 0 Å². The van der Waals surface area contributed by atoms with Crippen LogP contribution in [0.1, 0.15) is 16.1 Å². The molecule has 0 aliphatic rings. The van der Waals surface area contributed by atoms with Gasteiger partial charge in [0, 0.05) is 10.8 Å². The monoisotopic (exact) mass is 304 g/mol.